The number of carbonyl (C=O) groups is 1. The lowest BCUT2D eigenvalue weighted by molar-refractivity contribution is -0.141. The Kier molecular flexibility index (Phi) is 6.50. The SMILES string of the molecule is O=C1c2c(cc(-c3coc4cc(OS(=O)(=O)C(F)(F)F)ccc34)cc2OC(F)F)CCN1CC(F)(F)F. The second-order valence-electron chi connectivity index (χ2n) is 7.77. The third-order valence-electron chi connectivity index (χ3n) is 5.27. The van der Waals surface area contributed by atoms with Gasteiger partial charge in [0.15, 0.2) is 0 Å². The molecule has 0 atom stereocenters. The van der Waals surface area contributed by atoms with Crippen LogP contribution in [0, 0.1) is 0 Å². The van der Waals surface area contributed by atoms with Gasteiger partial charge in [0.1, 0.15) is 23.6 Å². The summed E-state index contributed by atoms with van der Waals surface area (Å²) >= 11 is 0. The molecular weight excluding hydrogens is 546 g/mol. The molecule has 0 aliphatic carbocycles. The summed E-state index contributed by atoms with van der Waals surface area (Å²) < 4.78 is 139. The number of fused-ring (bicyclic) bond motifs is 2. The van der Waals surface area contributed by atoms with Gasteiger partial charge in [-0.3, -0.25) is 4.79 Å². The predicted molar refractivity (Wildman–Crippen MR) is 110 cm³/mol. The van der Waals surface area contributed by atoms with Crippen molar-refractivity contribution in [1.82, 2.24) is 4.90 Å². The summed E-state index contributed by atoms with van der Waals surface area (Å²) in [6, 6.07) is 5.26. The fraction of sp³-hybridized carbons (Fsp3) is 0.286. The predicted octanol–water partition coefficient (Wildman–Crippen LogP) is 5.49. The maximum Gasteiger partial charge on any atom is 0.534 e. The van der Waals surface area contributed by atoms with Crippen molar-refractivity contribution in [2.45, 2.75) is 24.7 Å². The first-order chi connectivity index (χ1) is 17.1. The Bertz CT molecular complexity index is 1460. The van der Waals surface area contributed by atoms with Gasteiger partial charge in [-0.2, -0.15) is 43.5 Å². The molecule has 2 aromatic carbocycles. The minimum Gasteiger partial charge on any atom is -0.464 e. The van der Waals surface area contributed by atoms with Gasteiger partial charge in [-0.05, 0) is 41.8 Å². The molecule has 2 heterocycles. The van der Waals surface area contributed by atoms with Gasteiger partial charge in [0.05, 0.1) is 11.8 Å². The first-order valence-corrected chi connectivity index (χ1v) is 11.5. The Balaban J connectivity index is 1.74. The minimum atomic E-state index is -5.95. The van der Waals surface area contributed by atoms with E-state index in [1.807, 2.05) is 0 Å². The smallest absolute Gasteiger partial charge is 0.464 e. The van der Waals surface area contributed by atoms with Crippen molar-refractivity contribution in [3.63, 3.8) is 0 Å². The zero-order valence-corrected chi connectivity index (χ0v) is 18.8. The monoisotopic (exact) mass is 559 g/mol. The molecule has 4 rings (SSSR count). The highest BCUT2D eigenvalue weighted by atomic mass is 32.2. The number of nitrogens with zero attached hydrogens (tertiary/aromatic N) is 1. The number of halogens is 8. The molecule has 3 aromatic rings. The van der Waals surface area contributed by atoms with Gasteiger partial charge in [0.2, 0.25) is 0 Å². The van der Waals surface area contributed by atoms with E-state index in [-0.39, 0.29) is 40.6 Å². The number of carbonyl (C=O) groups excluding carboxylic acids is 1. The van der Waals surface area contributed by atoms with Crippen LogP contribution in [0.5, 0.6) is 11.5 Å². The van der Waals surface area contributed by atoms with Crippen LogP contribution in [-0.2, 0) is 16.5 Å². The summed E-state index contributed by atoms with van der Waals surface area (Å²) in [5.41, 5.74) is -5.81. The third kappa shape index (κ3) is 5.42. The number of hydrogen-bond acceptors (Lipinski definition) is 6. The van der Waals surface area contributed by atoms with Gasteiger partial charge < -0.3 is 18.2 Å². The minimum absolute atomic E-state index is 0.117. The topological polar surface area (TPSA) is 86.0 Å². The van der Waals surface area contributed by atoms with Gasteiger partial charge >= 0.3 is 28.4 Å². The molecule has 1 amide bonds. The first kappa shape index (κ1) is 26.5. The lowest BCUT2D eigenvalue weighted by Gasteiger charge is -2.30. The number of benzene rings is 2. The van der Waals surface area contributed by atoms with E-state index in [0.29, 0.717) is 4.90 Å². The highest BCUT2D eigenvalue weighted by Crippen LogP contribution is 2.40. The summed E-state index contributed by atoms with van der Waals surface area (Å²) in [5, 5.41) is 0.195. The number of rotatable bonds is 6. The lowest BCUT2D eigenvalue weighted by atomic mass is 9.92. The number of amides is 1. The van der Waals surface area contributed by atoms with Crippen LogP contribution < -0.4 is 8.92 Å². The van der Waals surface area contributed by atoms with E-state index >= 15 is 0 Å². The van der Waals surface area contributed by atoms with Crippen LogP contribution in [0.1, 0.15) is 15.9 Å². The molecule has 1 aromatic heterocycles. The molecule has 200 valence electrons. The summed E-state index contributed by atoms with van der Waals surface area (Å²) in [5.74, 6) is -2.54. The second kappa shape index (κ2) is 9.08. The van der Waals surface area contributed by atoms with Gasteiger partial charge in [-0.1, -0.05) is 0 Å². The second-order valence-corrected chi connectivity index (χ2v) is 9.31. The molecule has 16 heteroatoms. The molecule has 1 aliphatic heterocycles. The maximum absolute atomic E-state index is 13.1. The molecule has 0 saturated carbocycles. The van der Waals surface area contributed by atoms with Gasteiger partial charge in [0.25, 0.3) is 5.91 Å². The summed E-state index contributed by atoms with van der Waals surface area (Å²) in [7, 11) is -5.95. The quantitative estimate of drug-likeness (QED) is 0.226. The van der Waals surface area contributed by atoms with Crippen molar-refractivity contribution in [2.24, 2.45) is 0 Å². The van der Waals surface area contributed by atoms with Crippen LogP contribution in [-0.4, -0.2) is 50.6 Å². The number of hydrogen-bond donors (Lipinski definition) is 0. The normalized spacial score (nSPS) is 14.8. The molecule has 37 heavy (non-hydrogen) atoms. The summed E-state index contributed by atoms with van der Waals surface area (Å²) in [4.78, 5) is 13.1. The molecule has 1 aliphatic rings. The average molecular weight is 559 g/mol. The van der Waals surface area contributed by atoms with Gasteiger partial charge in [0, 0.05) is 23.6 Å². The standard InChI is InChI=1S/C21H13F8NO6S/c22-19(23)35-16-6-11(5-10-3-4-30(9-20(24,25)26)18(31)17(10)16)14-8-34-15-7-12(1-2-13(14)15)36-37(32,33)21(27,28)29/h1-2,5-8,19H,3-4,9H2. The van der Waals surface area contributed by atoms with Crippen LogP contribution in [0.2, 0.25) is 0 Å². The Morgan fingerprint density at radius 2 is 1.76 bits per heavy atom. The maximum atomic E-state index is 13.1. The molecule has 7 nitrogen and oxygen atoms in total. The highest BCUT2D eigenvalue weighted by Gasteiger charge is 2.48. The lowest BCUT2D eigenvalue weighted by Crippen LogP contribution is -2.43. The first-order valence-electron chi connectivity index (χ1n) is 10.1. The molecular formula is C21H13F8NO6S. The number of ether oxygens (including phenoxy) is 1. The zero-order valence-electron chi connectivity index (χ0n) is 18.0. The molecule has 0 fully saturated rings. The van der Waals surface area contributed by atoms with Crippen molar-refractivity contribution >= 4 is 27.0 Å². The number of furan rings is 1. The summed E-state index contributed by atoms with van der Waals surface area (Å²) in [6.07, 6.45) is -3.75. The van der Waals surface area contributed by atoms with E-state index < -0.39 is 57.9 Å². The van der Waals surface area contributed by atoms with Crippen LogP contribution in [0.15, 0.2) is 41.0 Å². The van der Waals surface area contributed by atoms with Crippen LogP contribution in [0.4, 0.5) is 35.1 Å². The molecule has 0 spiro atoms. The van der Waals surface area contributed by atoms with Crippen LogP contribution in [0.25, 0.3) is 22.1 Å². The molecule has 0 unspecified atom stereocenters. The van der Waals surface area contributed by atoms with E-state index in [1.165, 1.54) is 6.07 Å². The Hall–Kier alpha value is -3.56. The fourth-order valence-electron chi connectivity index (χ4n) is 3.80. The summed E-state index contributed by atoms with van der Waals surface area (Å²) in [6.45, 7) is -5.34. The highest BCUT2D eigenvalue weighted by molar-refractivity contribution is 7.88. The Morgan fingerprint density at radius 3 is 2.38 bits per heavy atom. The van der Waals surface area contributed by atoms with Crippen molar-refractivity contribution in [1.29, 1.82) is 0 Å². The van der Waals surface area contributed by atoms with Crippen molar-refractivity contribution in [3.05, 3.63) is 47.7 Å². The largest absolute Gasteiger partial charge is 0.534 e. The van der Waals surface area contributed by atoms with E-state index in [4.69, 9.17) is 4.42 Å². The molecule has 0 radical (unpaired) electrons. The van der Waals surface area contributed by atoms with Crippen molar-refractivity contribution in [2.75, 3.05) is 13.1 Å². The van der Waals surface area contributed by atoms with E-state index in [9.17, 15) is 48.3 Å². The Labute approximate surface area is 202 Å². The van der Waals surface area contributed by atoms with E-state index in [2.05, 4.69) is 8.92 Å². The van der Waals surface area contributed by atoms with Crippen LogP contribution >= 0.6 is 0 Å². The third-order valence-corrected chi connectivity index (χ3v) is 6.25. The molecule has 0 bridgehead atoms. The van der Waals surface area contributed by atoms with E-state index in [1.54, 1.807) is 0 Å². The molecule has 0 N–H and O–H groups in total. The van der Waals surface area contributed by atoms with Gasteiger partial charge in [-0.15, -0.1) is 0 Å². The zero-order chi connectivity index (χ0) is 27.3. The van der Waals surface area contributed by atoms with Gasteiger partial charge in [-0.25, -0.2) is 0 Å². The van der Waals surface area contributed by atoms with E-state index in [0.717, 1.165) is 30.5 Å². The average Bonchev–Trinajstić information content (AvgIpc) is 3.16. The fourth-order valence-corrected chi connectivity index (χ4v) is 4.25. The Morgan fingerprint density at radius 1 is 1.05 bits per heavy atom. The molecule has 0 saturated heterocycles. The van der Waals surface area contributed by atoms with Crippen molar-refractivity contribution in [3.8, 4) is 22.6 Å². The van der Waals surface area contributed by atoms with Crippen LogP contribution in [0.3, 0.4) is 0 Å². The number of alkyl halides is 8. The van der Waals surface area contributed by atoms with Crippen molar-refractivity contribution < 1.29 is 61.7 Å².